The molecule has 2 aromatic carbocycles. The van der Waals surface area contributed by atoms with Crippen LogP contribution in [0.3, 0.4) is 0 Å². The fourth-order valence-corrected chi connectivity index (χ4v) is 3.75. The maximum absolute atomic E-state index is 12.7. The molecule has 1 fully saturated rings. The summed E-state index contributed by atoms with van der Waals surface area (Å²) in [6.45, 7) is 1.71. The van der Waals surface area contributed by atoms with Crippen LogP contribution in [-0.4, -0.2) is 21.3 Å². The van der Waals surface area contributed by atoms with Crippen molar-refractivity contribution in [3.63, 3.8) is 0 Å². The number of thiocarbonyl (C=S) groups is 1. The van der Waals surface area contributed by atoms with Gasteiger partial charge in [0.2, 0.25) is 0 Å². The summed E-state index contributed by atoms with van der Waals surface area (Å²) in [6.07, 6.45) is 5.43. The van der Waals surface area contributed by atoms with Crippen molar-refractivity contribution in [2.75, 3.05) is 4.90 Å². The van der Waals surface area contributed by atoms with Crippen molar-refractivity contribution in [1.29, 1.82) is 0 Å². The number of hydrogen-bond donors (Lipinski definition) is 1. The first kappa shape index (κ1) is 18.1. The van der Waals surface area contributed by atoms with E-state index in [9.17, 15) is 14.7 Å². The number of carboxylic acid groups (broad SMARTS) is 1. The molecule has 0 aromatic heterocycles. The van der Waals surface area contributed by atoms with Crippen molar-refractivity contribution >= 4 is 51.9 Å². The normalized spacial score (nSPS) is 16.0. The molecular formula is C20H15NO3S2. The van der Waals surface area contributed by atoms with Crippen LogP contribution in [0, 0.1) is 6.92 Å². The minimum Gasteiger partial charge on any atom is -0.478 e. The summed E-state index contributed by atoms with van der Waals surface area (Å²) in [5.74, 6) is -1.28. The van der Waals surface area contributed by atoms with E-state index >= 15 is 0 Å². The summed E-state index contributed by atoms with van der Waals surface area (Å²) in [5.41, 5.74) is 2.28. The average molecular weight is 381 g/mol. The molecule has 1 amide bonds. The van der Waals surface area contributed by atoms with E-state index in [0.717, 1.165) is 5.56 Å². The van der Waals surface area contributed by atoms with E-state index in [-0.39, 0.29) is 11.5 Å². The van der Waals surface area contributed by atoms with Gasteiger partial charge in [0.25, 0.3) is 5.91 Å². The van der Waals surface area contributed by atoms with Crippen LogP contribution >= 0.6 is 24.0 Å². The van der Waals surface area contributed by atoms with E-state index in [0.29, 0.717) is 20.5 Å². The van der Waals surface area contributed by atoms with Crippen molar-refractivity contribution in [2.24, 2.45) is 0 Å². The molecule has 4 nitrogen and oxygen atoms in total. The predicted molar refractivity (Wildman–Crippen MR) is 109 cm³/mol. The van der Waals surface area contributed by atoms with Gasteiger partial charge < -0.3 is 5.11 Å². The third kappa shape index (κ3) is 3.76. The number of carbonyl (C=O) groups excluding carboxylic acids is 1. The molecule has 0 aliphatic carbocycles. The lowest BCUT2D eigenvalue weighted by Crippen LogP contribution is -2.27. The molecule has 1 heterocycles. The monoisotopic (exact) mass is 381 g/mol. The Kier molecular flexibility index (Phi) is 5.35. The van der Waals surface area contributed by atoms with E-state index in [1.54, 1.807) is 31.2 Å². The lowest BCUT2D eigenvalue weighted by molar-refractivity contribution is -0.113. The number of thioether (sulfide) groups is 1. The number of aromatic carboxylic acids is 1. The van der Waals surface area contributed by atoms with E-state index in [1.165, 1.54) is 22.7 Å². The maximum Gasteiger partial charge on any atom is 0.336 e. The Hall–Kier alpha value is -2.70. The van der Waals surface area contributed by atoms with Crippen LogP contribution < -0.4 is 4.90 Å². The molecule has 0 radical (unpaired) electrons. The van der Waals surface area contributed by atoms with Gasteiger partial charge in [-0.25, -0.2) is 4.79 Å². The molecule has 0 spiro atoms. The third-order valence-corrected chi connectivity index (χ3v) is 5.16. The zero-order valence-corrected chi connectivity index (χ0v) is 15.5. The van der Waals surface area contributed by atoms with Gasteiger partial charge in [-0.2, -0.15) is 0 Å². The second-order valence-electron chi connectivity index (χ2n) is 5.61. The van der Waals surface area contributed by atoms with Gasteiger partial charge in [-0.1, -0.05) is 72.5 Å². The zero-order chi connectivity index (χ0) is 18.7. The highest BCUT2D eigenvalue weighted by Crippen LogP contribution is 2.35. The molecule has 26 heavy (non-hydrogen) atoms. The highest BCUT2D eigenvalue weighted by Gasteiger charge is 2.33. The molecule has 130 valence electrons. The molecule has 0 unspecified atom stereocenters. The van der Waals surface area contributed by atoms with Crippen molar-refractivity contribution in [2.45, 2.75) is 6.92 Å². The summed E-state index contributed by atoms with van der Waals surface area (Å²) >= 11 is 6.52. The molecular weight excluding hydrogens is 366 g/mol. The molecule has 6 heteroatoms. The van der Waals surface area contributed by atoms with Crippen molar-refractivity contribution in [3.8, 4) is 0 Å². The first-order valence-corrected chi connectivity index (χ1v) is 9.03. The molecule has 2 aromatic rings. The minimum absolute atomic E-state index is 0.157. The molecule has 1 aliphatic rings. The summed E-state index contributed by atoms with van der Waals surface area (Å²) in [6, 6.07) is 14.6. The van der Waals surface area contributed by atoms with Crippen LogP contribution in [0.25, 0.3) is 6.08 Å². The fraction of sp³-hybridized carbons (Fsp3) is 0.0500. The Morgan fingerprint density at radius 3 is 2.62 bits per heavy atom. The van der Waals surface area contributed by atoms with E-state index in [4.69, 9.17) is 12.2 Å². The minimum atomic E-state index is -1.03. The number of carboxylic acids is 1. The predicted octanol–water partition coefficient (Wildman–Crippen LogP) is 4.66. The molecule has 1 saturated heterocycles. The number of benzene rings is 2. The Labute approximate surface area is 160 Å². The first-order valence-electron chi connectivity index (χ1n) is 7.81. The average Bonchev–Trinajstić information content (AvgIpc) is 2.90. The second-order valence-corrected chi connectivity index (χ2v) is 7.29. The summed E-state index contributed by atoms with van der Waals surface area (Å²) in [4.78, 5) is 25.9. The number of carbonyl (C=O) groups is 2. The molecule has 0 saturated carbocycles. The highest BCUT2D eigenvalue weighted by molar-refractivity contribution is 8.27. The second kappa shape index (κ2) is 7.68. The molecule has 3 rings (SSSR count). The molecule has 0 bridgehead atoms. The zero-order valence-electron chi connectivity index (χ0n) is 13.9. The number of allylic oxidation sites excluding steroid dienone is 2. The fourth-order valence-electron chi connectivity index (χ4n) is 2.49. The lowest BCUT2D eigenvalue weighted by atomic mass is 10.1. The quantitative estimate of drug-likeness (QED) is 0.617. The number of anilines is 1. The summed E-state index contributed by atoms with van der Waals surface area (Å²) in [7, 11) is 0. The Morgan fingerprint density at radius 2 is 1.92 bits per heavy atom. The van der Waals surface area contributed by atoms with Gasteiger partial charge in [-0.3, -0.25) is 9.69 Å². The highest BCUT2D eigenvalue weighted by atomic mass is 32.2. The van der Waals surface area contributed by atoms with Crippen LogP contribution in [0.1, 0.15) is 21.5 Å². The first-order chi connectivity index (χ1) is 12.5. The standard InChI is InChI=1S/C20H15NO3S2/c1-13-10-11-15(12-16(13)19(23)24)21-18(22)17(26-20(21)25)9-5-8-14-6-3-2-4-7-14/h2-12H,1H3,(H,23,24). The number of aryl methyl sites for hydroxylation is 1. The third-order valence-electron chi connectivity index (χ3n) is 3.84. The number of nitrogens with zero attached hydrogens (tertiary/aromatic N) is 1. The van der Waals surface area contributed by atoms with Gasteiger partial charge in [0.1, 0.15) is 0 Å². The Morgan fingerprint density at radius 1 is 1.19 bits per heavy atom. The van der Waals surface area contributed by atoms with Gasteiger partial charge in [0, 0.05) is 0 Å². The van der Waals surface area contributed by atoms with E-state index in [1.807, 2.05) is 36.4 Å². The molecule has 1 N–H and O–H groups in total. The van der Waals surface area contributed by atoms with Gasteiger partial charge in [0.05, 0.1) is 16.2 Å². The van der Waals surface area contributed by atoms with Crippen molar-refractivity contribution in [1.82, 2.24) is 0 Å². The van der Waals surface area contributed by atoms with Gasteiger partial charge >= 0.3 is 5.97 Å². The Balaban J connectivity index is 1.85. The van der Waals surface area contributed by atoms with Crippen LogP contribution in [0.4, 0.5) is 5.69 Å². The molecule has 0 atom stereocenters. The van der Waals surface area contributed by atoms with Gasteiger partial charge in [-0.05, 0) is 36.3 Å². The van der Waals surface area contributed by atoms with Crippen LogP contribution in [0.5, 0.6) is 0 Å². The Bertz CT molecular complexity index is 949. The topological polar surface area (TPSA) is 57.6 Å². The van der Waals surface area contributed by atoms with Crippen molar-refractivity contribution in [3.05, 3.63) is 82.3 Å². The summed E-state index contributed by atoms with van der Waals surface area (Å²) < 4.78 is 0.384. The SMILES string of the molecule is Cc1ccc(N2C(=O)C(=CC=Cc3ccccc3)SC2=S)cc1C(=O)O. The van der Waals surface area contributed by atoms with Crippen LogP contribution in [-0.2, 0) is 4.79 Å². The van der Waals surface area contributed by atoms with Gasteiger partial charge in [-0.15, -0.1) is 0 Å². The summed E-state index contributed by atoms with van der Waals surface area (Å²) in [5, 5.41) is 9.28. The van der Waals surface area contributed by atoms with E-state index in [2.05, 4.69) is 0 Å². The number of hydrogen-bond acceptors (Lipinski definition) is 4. The smallest absolute Gasteiger partial charge is 0.336 e. The maximum atomic E-state index is 12.7. The van der Waals surface area contributed by atoms with Gasteiger partial charge in [0.15, 0.2) is 4.32 Å². The van der Waals surface area contributed by atoms with Crippen molar-refractivity contribution < 1.29 is 14.7 Å². The van der Waals surface area contributed by atoms with Crippen LogP contribution in [0.2, 0.25) is 0 Å². The number of amides is 1. The lowest BCUT2D eigenvalue weighted by Gasteiger charge is -2.15. The van der Waals surface area contributed by atoms with E-state index < -0.39 is 5.97 Å². The largest absolute Gasteiger partial charge is 0.478 e. The molecule has 1 aliphatic heterocycles. The van der Waals surface area contributed by atoms with Crippen LogP contribution in [0.15, 0.2) is 65.6 Å². The number of rotatable bonds is 4.